The van der Waals surface area contributed by atoms with Crippen molar-refractivity contribution in [3.05, 3.63) is 0 Å². The first kappa shape index (κ1) is 131. The zero-order valence-corrected chi connectivity index (χ0v) is 149. The number of rotatable bonds is 27. The van der Waals surface area contributed by atoms with E-state index in [4.69, 9.17) is 0 Å². The molecule has 0 aromatic heterocycles. The van der Waals surface area contributed by atoms with Crippen LogP contribution in [0.3, 0.4) is 0 Å². The highest BCUT2D eigenvalue weighted by Crippen LogP contribution is 2.87. The Kier molecular flexibility index (Phi) is 62.1. The van der Waals surface area contributed by atoms with Crippen molar-refractivity contribution in [1.82, 2.24) is 0 Å². The molecule has 6 nitrogen and oxygen atoms in total. The number of alkyl halides is 58. The lowest BCUT2D eigenvalue weighted by molar-refractivity contribution is 0.470. The maximum absolute atomic E-state index is 12.8. The first-order valence-corrected chi connectivity index (χ1v) is 76.1. The van der Waals surface area contributed by atoms with Crippen molar-refractivity contribution >= 4 is 1140 Å². The van der Waals surface area contributed by atoms with Crippen molar-refractivity contribution in [1.29, 1.82) is 0 Å². The molecule has 0 rings (SSSR count). The van der Waals surface area contributed by atoms with Crippen LogP contribution in [-0.2, 0) is 20.2 Å². The highest BCUT2D eigenvalue weighted by molar-refractivity contribution is 14.3. The summed E-state index contributed by atoms with van der Waals surface area (Å²) in [6.07, 6.45) is 0. The maximum atomic E-state index is 12.8. The molecule has 0 aromatic rings. The Morgan fingerprint density at radius 1 is 0.181 bits per heavy atom. The second-order valence-electron chi connectivity index (χ2n) is 16.8. The summed E-state index contributed by atoms with van der Waals surface area (Å²) in [5, 5.41) is 0. The minimum atomic E-state index is -4.82. The van der Waals surface area contributed by atoms with Gasteiger partial charge in [-0.25, -0.2) is 0 Å². The molecule has 0 saturated carbocycles. The van der Waals surface area contributed by atoms with E-state index in [0.29, 0.717) is 0 Å². The van der Waals surface area contributed by atoms with E-state index in [1.165, 1.54) is 0 Å². The van der Waals surface area contributed by atoms with Gasteiger partial charge in [0.25, 0.3) is 20.2 Å². The van der Waals surface area contributed by atoms with Crippen LogP contribution in [-0.4, -0.2) is 86.8 Å². The Bertz CT molecular complexity index is 2830. The Labute approximate surface area is 1190 Å². The molecule has 0 unspecified atom stereocenters. The van der Waals surface area contributed by atoms with Gasteiger partial charge in [-0.2, -0.15) is 16.8 Å². The largest absolute Gasteiger partial charge is 0.293 e. The third-order valence-corrected chi connectivity index (χ3v) is 179. The molecule has 0 atom stereocenters. The van der Waals surface area contributed by atoms with Crippen LogP contribution in [0.15, 0.2) is 0 Å². The second kappa shape index (κ2) is 44.6. The van der Waals surface area contributed by atoms with Crippen LogP contribution in [0, 0.1) is 0 Å². The van der Waals surface area contributed by atoms with Gasteiger partial charge in [-0.05, 0) is 77.0 Å². The van der Waals surface area contributed by atoms with Crippen LogP contribution < -0.4 is 0 Å². The summed E-state index contributed by atoms with van der Waals surface area (Å²) in [5.74, 6) is 0. The number of halogens is 58. The van der Waals surface area contributed by atoms with Gasteiger partial charge < -0.3 is 0 Å². The van der Waals surface area contributed by atoms with Crippen molar-refractivity contribution in [2.24, 2.45) is 0 Å². The third kappa shape index (κ3) is 24.4. The predicted octanol–water partition coefficient (Wildman–Crippen LogP) is 43.1. The van der Waals surface area contributed by atoms with Gasteiger partial charge in [0.2, 0.25) is 3.33 Å². The molecule has 0 amide bonds. The fourth-order valence-corrected chi connectivity index (χ4v) is 83.0. The normalized spacial score (nSPS) is 17.3. The molecule has 0 aliphatic heterocycles. The summed E-state index contributed by atoms with van der Waals surface area (Å²) in [6, 6.07) is 0. The lowest BCUT2D eigenvalue weighted by Crippen LogP contribution is -2.73. The van der Waals surface area contributed by atoms with E-state index in [0.717, 1.165) is 0 Å². The molecule has 0 fully saturated rings. The van der Waals surface area contributed by atoms with Crippen molar-refractivity contribution in [2.45, 2.75) is 60.8 Å². The van der Waals surface area contributed by atoms with Crippen molar-refractivity contribution in [2.75, 3.05) is 0 Å². The number of hydrogen-bond donors (Lipinski definition) is 2. The fraction of sp³-hybridized carbons (Fsp3) is 1.00. The van der Waals surface area contributed by atoms with E-state index in [9.17, 15) is 25.9 Å². The first-order valence-electron chi connectivity index (χ1n) is 18.9. The molecule has 66 heteroatoms. The van der Waals surface area contributed by atoms with E-state index in [1.54, 1.807) is 0 Å². The zero-order chi connectivity index (χ0) is 79.0. The molecule has 0 radical (unpaired) electrons. The summed E-state index contributed by atoms with van der Waals surface area (Å²) in [6.45, 7) is 0. The lowest BCUT2D eigenvalue weighted by atomic mass is 10.0. The Balaban J connectivity index is 0. The molecule has 0 heterocycles. The minimum absolute atomic E-state index is 0.0395. The summed E-state index contributed by atoms with van der Waals surface area (Å²) < 4.78 is 44.8. The average molecular weight is 6500 g/mol. The van der Waals surface area contributed by atoms with Gasteiger partial charge in [-0.15, -0.1) is 0 Å². The van der Waals surface area contributed by atoms with Gasteiger partial charge in [-0.3, -0.25) is 9.11 Å². The van der Waals surface area contributed by atoms with E-state index >= 15 is 0 Å². The van der Waals surface area contributed by atoms with Gasteiger partial charge in [0.15, 0.2) is 2.14 Å². The molecular weight excluding hydrogens is 6490 g/mol. The fourth-order valence-electron chi connectivity index (χ4n) is 4.99. The smallest absolute Gasteiger partial charge is 0.284 e. The van der Waals surface area contributed by atoms with Crippen LogP contribution >= 0.6 is 1120 Å². The molecule has 0 spiro atoms. The average Bonchev–Trinajstić information content (AvgIpc) is 0.688. The van der Waals surface area contributed by atoms with Crippen molar-refractivity contribution in [3.63, 3.8) is 0 Å². The predicted molar refractivity (Wildman–Crippen MR) is 765 cm³/mol. The highest BCUT2D eigenvalue weighted by Gasteiger charge is 2.86. The monoisotopic (exact) mass is 6470 g/mol. The van der Waals surface area contributed by atoms with E-state index in [-0.39, 0.29) is 9.43 Å². The zero-order valence-electron chi connectivity index (χ0n) is 39.3. The van der Waals surface area contributed by atoms with Gasteiger partial charge in [0.05, 0.1) is 0 Å². The number of hydrogen-bond acceptors (Lipinski definition) is 4. The Morgan fingerprint density at radius 3 is 0.436 bits per heavy atom. The lowest BCUT2D eigenvalue weighted by Gasteiger charge is -2.62. The molecule has 2 N–H and O–H groups in total. The molecule has 0 saturated heterocycles. The molecule has 0 bridgehead atoms. The highest BCUT2D eigenvalue weighted by atomic mass is 127. The topological polar surface area (TPSA) is 109 Å². The van der Waals surface area contributed by atoms with Gasteiger partial charge in [0.1, 0.15) is 55.4 Å². The molecule has 0 aliphatic rings. The quantitative estimate of drug-likeness (QED) is 0.0482. The molecular formula is C28H2Br29I29O6S2. The second-order valence-corrected chi connectivity index (χ2v) is 154. The summed E-state index contributed by atoms with van der Waals surface area (Å²) >= 11 is 183. The van der Waals surface area contributed by atoms with Crippen LogP contribution in [0.2, 0.25) is 0 Å². The molecule has 94 heavy (non-hydrogen) atoms. The van der Waals surface area contributed by atoms with E-state index in [2.05, 4.69) is 1070 Å². The van der Waals surface area contributed by atoms with E-state index in [1.807, 2.05) is 45.2 Å². The van der Waals surface area contributed by atoms with Crippen LogP contribution in [0.25, 0.3) is 0 Å². The SMILES string of the molecule is O=S(=O)(O)C(Br)(Br)C(Br)(Br)C(Br)(Br)C(Br)(Br)C(Br)(Br)C(Br)(Br)C(Br)(Br)C(Br)(Br)C(Br)(Br)C(Br)(Br)C(Br)(Br)C(Br)(Br)C(Br)(Br)C(Br)(Br)Br.O=S(=O)(O)C(I)(I)C(I)(I)C(I)(I)C(I)(I)C(I)(I)C(I)(I)C(I)(I)C(I)(I)C(I)(I)C(I)(I)C(I)(I)C(I)(I)C(I)(I)C(I)(I)I. The van der Waals surface area contributed by atoms with Gasteiger partial charge >= 0.3 is 0 Å². The summed E-state index contributed by atoms with van der Waals surface area (Å²) in [4.78, 5) is 0. The third-order valence-electron chi connectivity index (χ3n) is 10.8. The molecule has 0 aromatic carbocycles. The van der Waals surface area contributed by atoms with Crippen LogP contribution in [0.1, 0.15) is 0 Å². The Morgan fingerprint density at radius 2 is 0.309 bits per heavy atom. The molecule has 0 aliphatic carbocycles. The van der Waals surface area contributed by atoms with Crippen molar-refractivity contribution < 1.29 is 25.9 Å². The summed E-state index contributed by atoms with van der Waals surface area (Å²) in [7, 11) is -9.22. The first-order chi connectivity index (χ1) is 39.0. The van der Waals surface area contributed by atoms with Gasteiger partial charge in [0, 0.05) is 0 Å². The van der Waals surface area contributed by atoms with Crippen molar-refractivity contribution in [3.8, 4) is 0 Å². The van der Waals surface area contributed by atoms with E-state index < -0.39 is 71.6 Å². The minimum Gasteiger partial charge on any atom is -0.284 e. The van der Waals surface area contributed by atoms with Crippen LogP contribution in [0.5, 0.6) is 0 Å². The molecule has 568 valence electrons. The Hall–Kier alpha value is 34.9. The van der Waals surface area contributed by atoms with Crippen LogP contribution in [0.4, 0.5) is 0 Å². The van der Waals surface area contributed by atoms with Gasteiger partial charge in [-0.1, -0.05) is 1040 Å². The summed E-state index contributed by atoms with van der Waals surface area (Å²) in [5.41, 5.74) is 0. The standard InChI is InChI=1S/C14HBr29O3S.C14HI29O3S/c2*15-1(16,3(19,20)5(23,24)7(27,28)9(31,32)11(35,36)13(39,40)41)2(17,18)4(21,22)6(25,26)8(29,30)10(33,34)12(37,38)14(42,43)47(44,45)46/h2*(H,44,45,46). The maximum Gasteiger partial charge on any atom is 0.293 e.